The summed E-state index contributed by atoms with van der Waals surface area (Å²) in [6.07, 6.45) is 5.59. The van der Waals surface area contributed by atoms with Gasteiger partial charge in [0.2, 0.25) is 0 Å². The molecule has 7 nitrogen and oxygen atoms in total. The number of halogens is 1. The number of H-pyrrole nitrogens is 1. The molecular weight excluding hydrogens is 270 g/mol. The maximum Gasteiger partial charge on any atom is 0.287 e. The van der Waals surface area contributed by atoms with Crippen molar-refractivity contribution in [2.24, 2.45) is 0 Å². The van der Waals surface area contributed by atoms with Gasteiger partial charge in [0.25, 0.3) is 5.56 Å². The van der Waals surface area contributed by atoms with E-state index < -0.39 is 5.56 Å². The van der Waals surface area contributed by atoms with E-state index in [1.54, 1.807) is 12.4 Å². The van der Waals surface area contributed by atoms with Crippen molar-refractivity contribution in [3.63, 3.8) is 0 Å². The first-order chi connectivity index (χ1) is 9.22. The summed E-state index contributed by atoms with van der Waals surface area (Å²) >= 11 is 5.95. The van der Waals surface area contributed by atoms with Crippen LogP contribution in [-0.4, -0.2) is 38.0 Å². The van der Waals surface area contributed by atoms with Crippen LogP contribution in [0, 0.1) is 0 Å². The van der Waals surface area contributed by atoms with Crippen molar-refractivity contribution in [1.82, 2.24) is 19.7 Å². The minimum atomic E-state index is -0.418. The van der Waals surface area contributed by atoms with Gasteiger partial charge in [-0.05, 0) is 0 Å². The molecular formula is C11H14ClN5O2. The van der Waals surface area contributed by atoms with Gasteiger partial charge in [-0.15, -0.1) is 0 Å². The fraction of sp³-hybridized carbons (Fsp3) is 0.364. The van der Waals surface area contributed by atoms with Gasteiger partial charge in [0.15, 0.2) is 0 Å². The molecule has 2 aromatic rings. The molecule has 19 heavy (non-hydrogen) atoms. The van der Waals surface area contributed by atoms with Crippen LogP contribution in [0.3, 0.4) is 0 Å². The zero-order chi connectivity index (χ0) is 13.7. The lowest BCUT2D eigenvalue weighted by Crippen LogP contribution is -2.25. The van der Waals surface area contributed by atoms with Crippen molar-refractivity contribution in [2.75, 3.05) is 18.5 Å². The molecule has 0 amide bonds. The third-order valence-corrected chi connectivity index (χ3v) is 2.89. The lowest BCUT2D eigenvalue weighted by atomic mass is 10.3. The van der Waals surface area contributed by atoms with Gasteiger partial charge in [0, 0.05) is 25.4 Å². The van der Waals surface area contributed by atoms with E-state index in [0.29, 0.717) is 18.7 Å². The molecule has 0 atom stereocenters. The number of hydrogen-bond acceptors (Lipinski definition) is 5. The number of aliphatic hydroxyl groups excluding tert-OH is 1. The Morgan fingerprint density at radius 3 is 3.05 bits per heavy atom. The normalized spacial score (nSPS) is 10.6. The summed E-state index contributed by atoms with van der Waals surface area (Å²) in [6.45, 7) is 0.554. The Labute approximate surface area is 114 Å². The number of aromatic nitrogens is 4. The van der Waals surface area contributed by atoms with Gasteiger partial charge >= 0.3 is 0 Å². The van der Waals surface area contributed by atoms with E-state index in [9.17, 15) is 4.79 Å². The third-order valence-electron chi connectivity index (χ3n) is 2.53. The van der Waals surface area contributed by atoms with Gasteiger partial charge in [-0.1, -0.05) is 11.6 Å². The van der Waals surface area contributed by atoms with Gasteiger partial charge < -0.3 is 15.4 Å². The van der Waals surface area contributed by atoms with Gasteiger partial charge in [0.1, 0.15) is 10.8 Å². The number of imidazole rings is 1. The highest BCUT2D eigenvalue weighted by molar-refractivity contribution is 6.32. The van der Waals surface area contributed by atoms with E-state index in [1.165, 1.54) is 6.20 Å². The Hall–Kier alpha value is -1.86. The van der Waals surface area contributed by atoms with Crippen molar-refractivity contribution in [2.45, 2.75) is 13.0 Å². The summed E-state index contributed by atoms with van der Waals surface area (Å²) in [6, 6.07) is 0. The average Bonchev–Trinajstić information content (AvgIpc) is 2.91. The Morgan fingerprint density at radius 2 is 2.37 bits per heavy atom. The lowest BCUT2D eigenvalue weighted by Gasteiger charge is -2.09. The second-order valence-corrected chi connectivity index (χ2v) is 4.21. The fourth-order valence-electron chi connectivity index (χ4n) is 1.59. The van der Waals surface area contributed by atoms with Crippen molar-refractivity contribution in [1.29, 1.82) is 0 Å². The maximum absolute atomic E-state index is 11.8. The average molecular weight is 284 g/mol. The first-order valence-electron chi connectivity index (χ1n) is 5.81. The molecule has 0 aromatic carbocycles. The largest absolute Gasteiger partial charge is 0.394 e. The second kappa shape index (κ2) is 6.35. The second-order valence-electron chi connectivity index (χ2n) is 3.84. The Kier molecular flexibility index (Phi) is 4.53. The summed E-state index contributed by atoms with van der Waals surface area (Å²) in [5.74, 6) is 0.852. The van der Waals surface area contributed by atoms with Gasteiger partial charge in [-0.25, -0.2) is 9.67 Å². The van der Waals surface area contributed by atoms with Crippen LogP contribution in [0.2, 0.25) is 5.02 Å². The maximum atomic E-state index is 11.8. The summed E-state index contributed by atoms with van der Waals surface area (Å²) in [5, 5.41) is 15.8. The number of nitrogens with one attached hydrogen (secondary N) is 2. The number of nitrogens with zero attached hydrogens (tertiary/aromatic N) is 3. The standard InChI is InChI=1S/C11H14ClN5O2/c12-10-8(7-16-17(5-6-18)11(10)19)13-2-1-9-14-3-4-15-9/h3-4,7,13,18H,1-2,5-6H2,(H,14,15). The molecule has 2 heterocycles. The highest BCUT2D eigenvalue weighted by Gasteiger charge is 2.08. The molecule has 0 bridgehead atoms. The lowest BCUT2D eigenvalue weighted by molar-refractivity contribution is 0.266. The van der Waals surface area contributed by atoms with Gasteiger partial charge in [-0.2, -0.15) is 5.10 Å². The van der Waals surface area contributed by atoms with E-state index >= 15 is 0 Å². The number of hydrogen-bond donors (Lipinski definition) is 3. The minimum Gasteiger partial charge on any atom is -0.394 e. The molecule has 0 saturated heterocycles. The van der Waals surface area contributed by atoms with Crippen molar-refractivity contribution < 1.29 is 5.11 Å². The number of aromatic amines is 1. The number of rotatable bonds is 6. The Morgan fingerprint density at radius 1 is 1.53 bits per heavy atom. The van der Waals surface area contributed by atoms with E-state index in [-0.39, 0.29) is 18.2 Å². The fourth-order valence-corrected chi connectivity index (χ4v) is 1.81. The van der Waals surface area contributed by atoms with Crippen LogP contribution in [0.25, 0.3) is 0 Å². The predicted octanol–water partition coefficient (Wildman–Crippen LogP) is 0.267. The number of anilines is 1. The van der Waals surface area contributed by atoms with Crippen LogP contribution < -0.4 is 10.9 Å². The van der Waals surface area contributed by atoms with Crippen LogP contribution in [0.15, 0.2) is 23.4 Å². The van der Waals surface area contributed by atoms with E-state index in [2.05, 4.69) is 20.4 Å². The smallest absolute Gasteiger partial charge is 0.287 e. The van der Waals surface area contributed by atoms with Crippen molar-refractivity contribution in [3.8, 4) is 0 Å². The van der Waals surface area contributed by atoms with Crippen LogP contribution in [0.5, 0.6) is 0 Å². The van der Waals surface area contributed by atoms with Crippen molar-refractivity contribution >= 4 is 17.3 Å². The van der Waals surface area contributed by atoms with Gasteiger partial charge in [0.05, 0.1) is 25.0 Å². The molecule has 0 spiro atoms. The van der Waals surface area contributed by atoms with Crippen LogP contribution >= 0.6 is 11.6 Å². The zero-order valence-electron chi connectivity index (χ0n) is 10.1. The van der Waals surface area contributed by atoms with Crippen LogP contribution in [0.1, 0.15) is 5.82 Å². The SMILES string of the molecule is O=c1c(Cl)c(NCCc2ncc[nH]2)cnn1CCO. The Bertz CT molecular complexity index is 581. The third kappa shape index (κ3) is 3.33. The summed E-state index contributed by atoms with van der Waals surface area (Å²) in [7, 11) is 0. The predicted molar refractivity (Wildman–Crippen MR) is 71.4 cm³/mol. The zero-order valence-corrected chi connectivity index (χ0v) is 10.9. The van der Waals surface area contributed by atoms with E-state index in [0.717, 1.165) is 10.5 Å². The van der Waals surface area contributed by atoms with Crippen LogP contribution in [0.4, 0.5) is 5.69 Å². The molecule has 3 N–H and O–H groups in total. The molecule has 0 aliphatic rings. The van der Waals surface area contributed by atoms with Crippen molar-refractivity contribution in [3.05, 3.63) is 39.8 Å². The first kappa shape index (κ1) is 13.6. The minimum absolute atomic E-state index is 0.0721. The highest BCUT2D eigenvalue weighted by Crippen LogP contribution is 2.14. The molecule has 0 saturated carbocycles. The number of aliphatic hydroxyl groups is 1. The molecule has 0 radical (unpaired) electrons. The summed E-state index contributed by atoms with van der Waals surface area (Å²) in [4.78, 5) is 18.8. The Balaban J connectivity index is 2.01. The molecule has 8 heteroatoms. The topological polar surface area (TPSA) is 95.8 Å². The van der Waals surface area contributed by atoms with E-state index in [4.69, 9.17) is 16.7 Å². The monoisotopic (exact) mass is 283 g/mol. The summed E-state index contributed by atoms with van der Waals surface area (Å²) < 4.78 is 1.13. The molecule has 0 aliphatic carbocycles. The molecule has 2 rings (SSSR count). The molecule has 0 aliphatic heterocycles. The molecule has 2 aromatic heterocycles. The molecule has 0 fully saturated rings. The molecule has 0 unspecified atom stereocenters. The van der Waals surface area contributed by atoms with E-state index in [1.807, 2.05) is 0 Å². The highest BCUT2D eigenvalue weighted by atomic mass is 35.5. The summed E-state index contributed by atoms with van der Waals surface area (Å²) in [5.41, 5.74) is 0.0612. The first-order valence-corrected chi connectivity index (χ1v) is 6.18. The quantitative estimate of drug-likeness (QED) is 0.707. The van der Waals surface area contributed by atoms with Crippen LogP contribution in [-0.2, 0) is 13.0 Å². The molecule has 102 valence electrons. The van der Waals surface area contributed by atoms with Gasteiger partial charge in [-0.3, -0.25) is 4.79 Å².